The zero-order valence-electron chi connectivity index (χ0n) is 7.24. The van der Waals surface area contributed by atoms with Crippen molar-refractivity contribution in [2.45, 2.75) is 0 Å². The van der Waals surface area contributed by atoms with Gasteiger partial charge in [0.15, 0.2) is 0 Å². The van der Waals surface area contributed by atoms with Crippen molar-refractivity contribution in [3.05, 3.63) is 22.6 Å². The first-order valence-electron chi connectivity index (χ1n) is 3.60. The predicted molar refractivity (Wildman–Crippen MR) is 47.2 cm³/mol. The number of rotatable bonds is 0. The van der Waals surface area contributed by atoms with Crippen LogP contribution in [0.5, 0.6) is 11.5 Å². The Labute approximate surface area is 89.2 Å². The van der Waals surface area contributed by atoms with Crippen LogP contribution >= 0.6 is 0 Å². The Hall–Kier alpha value is -1.59. The van der Waals surface area contributed by atoms with Crippen molar-refractivity contribution in [1.82, 2.24) is 4.98 Å². The Balaban J connectivity index is 2.75. The van der Waals surface area contributed by atoms with E-state index in [1.807, 2.05) is 0 Å². The number of aromatic nitrogens is 1. The summed E-state index contributed by atoms with van der Waals surface area (Å²) in [7, 11) is -9.81. The van der Waals surface area contributed by atoms with Crippen LogP contribution in [-0.4, -0.2) is 21.8 Å². The van der Waals surface area contributed by atoms with Gasteiger partial charge in [0.2, 0.25) is 11.5 Å². The van der Waals surface area contributed by atoms with Gasteiger partial charge in [-0.1, -0.05) is 3.63 Å². The summed E-state index contributed by atoms with van der Waals surface area (Å²) < 4.78 is 55.5. The lowest BCUT2D eigenvalue weighted by molar-refractivity contribution is 0.340. The number of H-pyrrole nitrogens is 1. The van der Waals surface area contributed by atoms with Crippen LogP contribution in [0.2, 0.25) is 0 Å². The average Bonchev–Trinajstić information content (AvgIpc) is 2.08. The summed E-state index contributed by atoms with van der Waals surface area (Å²) in [5.74, 6) is -1.32. The Morgan fingerprint density at radius 2 is 1.38 bits per heavy atom. The standard InChI is InChI=1S/C5H3NO8S2/c7-5-3-1-6-2-4(5)13-16(10,11)14-15(8,9)12-3/h1-2H,(H,6,7). The lowest BCUT2D eigenvalue weighted by atomic mass is 10.4. The highest BCUT2D eigenvalue weighted by molar-refractivity contribution is 7.95. The molecule has 0 atom stereocenters. The molecule has 0 radical (unpaired) electrons. The molecule has 9 nitrogen and oxygen atoms in total. The highest BCUT2D eigenvalue weighted by atomic mass is 32.3. The number of nitrogens with one attached hydrogen (secondary N) is 1. The molecule has 2 rings (SSSR count). The quantitative estimate of drug-likeness (QED) is 0.612. The van der Waals surface area contributed by atoms with Gasteiger partial charge in [-0.15, -0.1) is 0 Å². The second-order valence-corrected chi connectivity index (χ2v) is 5.07. The smallest absolute Gasteiger partial charge is 0.361 e. The minimum Gasteiger partial charge on any atom is -0.361 e. The van der Waals surface area contributed by atoms with Crippen molar-refractivity contribution in [3.8, 4) is 11.5 Å². The molecule has 2 heterocycles. The van der Waals surface area contributed by atoms with Gasteiger partial charge in [-0.3, -0.25) is 4.79 Å². The van der Waals surface area contributed by atoms with E-state index < -0.39 is 37.7 Å². The van der Waals surface area contributed by atoms with Gasteiger partial charge in [-0.25, -0.2) is 0 Å². The molecule has 2 bridgehead atoms. The number of pyridine rings is 1. The maximum Gasteiger partial charge on any atom is 0.466 e. The Bertz CT molecular complexity index is 628. The molecular formula is C5H3NO8S2. The van der Waals surface area contributed by atoms with Gasteiger partial charge in [0, 0.05) is 12.4 Å². The molecule has 0 amide bonds. The second kappa shape index (κ2) is 3.20. The first-order chi connectivity index (χ1) is 7.29. The summed E-state index contributed by atoms with van der Waals surface area (Å²) in [6.07, 6.45) is 1.82. The van der Waals surface area contributed by atoms with Crippen LogP contribution in [0.15, 0.2) is 17.2 Å². The SMILES string of the molecule is O=c1c2c[nH]cc1OS(=O)(=O)OS(=O)(=O)O2. The van der Waals surface area contributed by atoms with Gasteiger partial charge in [-0.2, -0.15) is 16.8 Å². The largest absolute Gasteiger partial charge is 0.466 e. The van der Waals surface area contributed by atoms with Crippen LogP contribution in [-0.2, 0) is 24.4 Å². The highest BCUT2D eigenvalue weighted by Gasteiger charge is 2.32. The van der Waals surface area contributed by atoms with E-state index >= 15 is 0 Å². The van der Waals surface area contributed by atoms with Gasteiger partial charge < -0.3 is 13.4 Å². The van der Waals surface area contributed by atoms with Crippen LogP contribution in [0.1, 0.15) is 0 Å². The van der Waals surface area contributed by atoms with Gasteiger partial charge in [0.05, 0.1) is 0 Å². The summed E-state index contributed by atoms with van der Waals surface area (Å²) in [5.41, 5.74) is -1.03. The van der Waals surface area contributed by atoms with E-state index in [-0.39, 0.29) is 0 Å². The van der Waals surface area contributed by atoms with Crippen LogP contribution < -0.4 is 13.8 Å². The normalized spacial score (nSPS) is 21.0. The van der Waals surface area contributed by atoms with E-state index in [9.17, 15) is 21.6 Å². The molecule has 11 heteroatoms. The Morgan fingerprint density at radius 3 is 1.81 bits per heavy atom. The topological polar surface area (TPSA) is 129 Å². The van der Waals surface area contributed by atoms with E-state index in [2.05, 4.69) is 17.0 Å². The fourth-order valence-electron chi connectivity index (χ4n) is 0.919. The Morgan fingerprint density at radius 1 is 0.938 bits per heavy atom. The van der Waals surface area contributed by atoms with Crippen LogP contribution in [0.4, 0.5) is 0 Å². The van der Waals surface area contributed by atoms with E-state index in [4.69, 9.17) is 0 Å². The van der Waals surface area contributed by atoms with Crippen molar-refractivity contribution in [1.29, 1.82) is 0 Å². The molecule has 16 heavy (non-hydrogen) atoms. The van der Waals surface area contributed by atoms with Gasteiger partial charge in [0.25, 0.3) is 5.43 Å². The average molecular weight is 269 g/mol. The lowest BCUT2D eigenvalue weighted by Gasteiger charge is -2.11. The summed E-state index contributed by atoms with van der Waals surface area (Å²) in [4.78, 5) is 13.6. The molecule has 0 fully saturated rings. The fraction of sp³-hybridized carbons (Fsp3) is 0. The summed E-state index contributed by atoms with van der Waals surface area (Å²) in [5, 5.41) is 0. The third kappa shape index (κ3) is 2.00. The molecule has 0 saturated heterocycles. The van der Waals surface area contributed by atoms with E-state index in [0.717, 1.165) is 12.4 Å². The van der Waals surface area contributed by atoms with Crippen molar-refractivity contribution in [3.63, 3.8) is 0 Å². The maximum absolute atomic E-state index is 11.3. The molecule has 1 N–H and O–H groups in total. The molecule has 88 valence electrons. The number of hydrogen-bond acceptors (Lipinski definition) is 8. The van der Waals surface area contributed by atoms with Crippen molar-refractivity contribution < 1.29 is 28.8 Å². The third-order valence-electron chi connectivity index (χ3n) is 1.43. The summed E-state index contributed by atoms with van der Waals surface area (Å²) >= 11 is 0. The molecule has 0 unspecified atom stereocenters. The number of hydrogen-bond donors (Lipinski definition) is 1. The third-order valence-corrected chi connectivity index (χ3v) is 3.53. The van der Waals surface area contributed by atoms with Crippen LogP contribution in [0.25, 0.3) is 0 Å². The maximum atomic E-state index is 11.3. The highest BCUT2D eigenvalue weighted by Crippen LogP contribution is 2.18. The van der Waals surface area contributed by atoms with Crippen LogP contribution in [0.3, 0.4) is 0 Å². The lowest BCUT2D eigenvalue weighted by Crippen LogP contribution is -2.28. The van der Waals surface area contributed by atoms with Crippen molar-refractivity contribution in [2.75, 3.05) is 0 Å². The van der Waals surface area contributed by atoms with Crippen LogP contribution in [0, 0.1) is 0 Å². The minimum absolute atomic E-state index is 0.660. The van der Waals surface area contributed by atoms with Gasteiger partial charge in [-0.05, 0) is 0 Å². The molecule has 0 aromatic carbocycles. The molecule has 1 aromatic rings. The van der Waals surface area contributed by atoms with Gasteiger partial charge >= 0.3 is 20.8 Å². The molecule has 0 spiro atoms. The van der Waals surface area contributed by atoms with Gasteiger partial charge in [0.1, 0.15) is 0 Å². The molecule has 1 aliphatic heterocycles. The first kappa shape index (κ1) is 10.9. The summed E-state index contributed by atoms with van der Waals surface area (Å²) in [6.45, 7) is 0. The van der Waals surface area contributed by atoms with E-state index in [0.29, 0.717) is 0 Å². The molecular weight excluding hydrogens is 266 g/mol. The molecule has 1 aromatic heterocycles. The van der Waals surface area contributed by atoms with Crippen molar-refractivity contribution in [2.24, 2.45) is 0 Å². The zero-order chi connectivity index (χ0) is 12.0. The van der Waals surface area contributed by atoms with E-state index in [1.165, 1.54) is 0 Å². The molecule has 0 aliphatic carbocycles. The second-order valence-electron chi connectivity index (χ2n) is 2.56. The fourth-order valence-corrected chi connectivity index (χ4v) is 2.65. The van der Waals surface area contributed by atoms with E-state index in [1.54, 1.807) is 0 Å². The number of fused-ring (bicyclic) bond motifs is 2. The molecule has 0 saturated carbocycles. The van der Waals surface area contributed by atoms with Crippen molar-refractivity contribution >= 4 is 20.8 Å². The zero-order valence-corrected chi connectivity index (χ0v) is 8.87. The predicted octanol–water partition coefficient (Wildman–Crippen LogP) is -1.35. The molecule has 1 aliphatic rings. The Kier molecular flexibility index (Phi) is 2.18. The minimum atomic E-state index is -4.90. The summed E-state index contributed by atoms with van der Waals surface area (Å²) in [6, 6.07) is 0. The first-order valence-corrected chi connectivity index (χ1v) is 6.27. The monoisotopic (exact) mass is 269 g/mol. The number of aromatic amines is 1.